The van der Waals surface area contributed by atoms with Gasteiger partial charge in [0.1, 0.15) is 11.4 Å². The zero-order chi connectivity index (χ0) is 10.7. The molecule has 1 aromatic heterocycles. The number of nitrogens with zero attached hydrogens (tertiary/aromatic N) is 3. The molecule has 0 aliphatic carbocycles. The molecule has 0 spiro atoms. The van der Waals surface area contributed by atoms with Crippen molar-refractivity contribution in [3.05, 3.63) is 30.5 Å². The number of rotatable bonds is 2. The molecule has 2 rings (SSSR count). The number of nitrogens with two attached hydrogens (primary N) is 1. The Morgan fingerprint density at radius 3 is 2.40 bits per heavy atom. The van der Waals surface area contributed by atoms with E-state index in [0.29, 0.717) is 5.69 Å². The van der Waals surface area contributed by atoms with Gasteiger partial charge in [-0.25, -0.2) is 10.8 Å². The Labute approximate surface area is 85.8 Å². The van der Waals surface area contributed by atoms with Gasteiger partial charge in [0, 0.05) is 5.56 Å². The van der Waals surface area contributed by atoms with Gasteiger partial charge in [-0.05, 0) is 24.3 Å². The first-order valence-electron chi connectivity index (χ1n) is 4.25. The third-order valence-electron chi connectivity index (χ3n) is 1.85. The molecule has 0 atom stereocenters. The average molecular weight is 203 g/mol. The monoisotopic (exact) mass is 203 g/mol. The maximum atomic E-state index is 9.11. The van der Waals surface area contributed by atoms with Crippen LogP contribution in [0.5, 0.6) is 5.75 Å². The van der Waals surface area contributed by atoms with Crippen molar-refractivity contribution in [2.45, 2.75) is 0 Å². The highest BCUT2D eigenvalue weighted by atomic mass is 16.3. The second kappa shape index (κ2) is 3.89. The number of nitrogens with one attached hydrogen (secondary N) is 1. The quantitative estimate of drug-likeness (QED) is 0.486. The van der Waals surface area contributed by atoms with Crippen molar-refractivity contribution in [2.24, 2.45) is 5.84 Å². The summed E-state index contributed by atoms with van der Waals surface area (Å²) < 4.78 is 0. The van der Waals surface area contributed by atoms with Gasteiger partial charge in [-0.1, -0.05) is 0 Å². The Bertz CT molecular complexity index is 439. The standard InChI is InChI=1S/C9H9N5O/c10-12-9-11-5-8(13-14-9)6-1-3-7(15)4-2-6/h1-5,15H,10H2,(H,11,12,14). The predicted octanol–water partition coefficient (Wildman–Crippen LogP) is 0.530. The maximum Gasteiger partial charge on any atom is 0.256 e. The second-order valence-corrected chi connectivity index (χ2v) is 2.86. The Morgan fingerprint density at radius 2 is 1.87 bits per heavy atom. The highest BCUT2D eigenvalue weighted by Crippen LogP contribution is 2.18. The van der Waals surface area contributed by atoms with Crippen molar-refractivity contribution >= 4 is 5.95 Å². The summed E-state index contributed by atoms with van der Waals surface area (Å²) in [5.74, 6) is 5.58. The molecule has 0 bridgehead atoms. The number of hydrogen-bond acceptors (Lipinski definition) is 6. The van der Waals surface area contributed by atoms with E-state index in [0.717, 1.165) is 5.56 Å². The van der Waals surface area contributed by atoms with Crippen molar-refractivity contribution in [2.75, 3.05) is 5.43 Å². The van der Waals surface area contributed by atoms with E-state index >= 15 is 0 Å². The minimum Gasteiger partial charge on any atom is -0.508 e. The van der Waals surface area contributed by atoms with Crippen LogP contribution in [0, 0.1) is 0 Å². The molecule has 0 aliphatic rings. The van der Waals surface area contributed by atoms with Crippen LogP contribution < -0.4 is 11.3 Å². The van der Waals surface area contributed by atoms with E-state index in [1.165, 1.54) is 0 Å². The van der Waals surface area contributed by atoms with Crippen molar-refractivity contribution < 1.29 is 5.11 Å². The smallest absolute Gasteiger partial charge is 0.256 e. The highest BCUT2D eigenvalue weighted by molar-refractivity contribution is 5.58. The molecule has 0 unspecified atom stereocenters. The molecule has 1 heterocycles. The van der Waals surface area contributed by atoms with Crippen molar-refractivity contribution in [3.63, 3.8) is 0 Å². The number of nitrogen functional groups attached to an aromatic ring is 1. The highest BCUT2D eigenvalue weighted by Gasteiger charge is 2.01. The maximum absolute atomic E-state index is 9.11. The number of hydrogen-bond donors (Lipinski definition) is 3. The van der Waals surface area contributed by atoms with E-state index in [1.54, 1.807) is 30.5 Å². The molecule has 1 aromatic carbocycles. The van der Waals surface area contributed by atoms with Crippen LogP contribution in [-0.2, 0) is 0 Å². The number of aromatic hydroxyl groups is 1. The molecule has 2 aromatic rings. The van der Waals surface area contributed by atoms with Gasteiger partial charge in [0.25, 0.3) is 5.95 Å². The minimum absolute atomic E-state index is 0.208. The van der Waals surface area contributed by atoms with Crippen LogP contribution in [-0.4, -0.2) is 20.3 Å². The summed E-state index contributed by atoms with van der Waals surface area (Å²) in [5.41, 5.74) is 3.74. The lowest BCUT2D eigenvalue weighted by Gasteiger charge is -2.00. The number of phenolic OH excluding ortho intramolecular Hbond substituents is 1. The lowest BCUT2D eigenvalue weighted by molar-refractivity contribution is 0.475. The number of phenols is 1. The molecular weight excluding hydrogens is 194 g/mol. The van der Waals surface area contributed by atoms with Crippen molar-refractivity contribution in [3.8, 4) is 17.0 Å². The summed E-state index contributed by atoms with van der Waals surface area (Å²) in [4.78, 5) is 3.92. The van der Waals surface area contributed by atoms with Gasteiger partial charge in [-0.3, -0.25) is 5.43 Å². The van der Waals surface area contributed by atoms with E-state index < -0.39 is 0 Å². The molecule has 4 N–H and O–H groups in total. The molecule has 0 aliphatic heterocycles. The predicted molar refractivity (Wildman–Crippen MR) is 54.7 cm³/mol. The van der Waals surface area contributed by atoms with Crippen LogP contribution in [0.25, 0.3) is 11.3 Å². The normalized spacial score (nSPS) is 9.93. The van der Waals surface area contributed by atoms with E-state index in [2.05, 4.69) is 20.6 Å². The lowest BCUT2D eigenvalue weighted by Crippen LogP contribution is -2.11. The van der Waals surface area contributed by atoms with Crippen LogP contribution >= 0.6 is 0 Å². The van der Waals surface area contributed by atoms with Gasteiger partial charge < -0.3 is 5.11 Å². The molecule has 15 heavy (non-hydrogen) atoms. The van der Waals surface area contributed by atoms with Gasteiger partial charge in [0.15, 0.2) is 0 Å². The molecule has 76 valence electrons. The first-order chi connectivity index (χ1) is 7.29. The summed E-state index contributed by atoms with van der Waals surface area (Å²) in [6.07, 6.45) is 1.55. The van der Waals surface area contributed by atoms with Crippen molar-refractivity contribution in [1.29, 1.82) is 0 Å². The number of aromatic nitrogens is 3. The first kappa shape index (κ1) is 9.35. The average Bonchev–Trinajstić information content (AvgIpc) is 2.30. The van der Waals surface area contributed by atoms with Crippen LogP contribution in [0.2, 0.25) is 0 Å². The third-order valence-corrected chi connectivity index (χ3v) is 1.85. The fourth-order valence-electron chi connectivity index (χ4n) is 1.11. The Kier molecular flexibility index (Phi) is 2.42. The van der Waals surface area contributed by atoms with E-state index in [-0.39, 0.29) is 11.7 Å². The first-order valence-corrected chi connectivity index (χ1v) is 4.25. The number of benzene rings is 1. The fraction of sp³-hybridized carbons (Fsp3) is 0. The largest absolute Gasteiger partial charge is 0.508 e. The zero-order valence-corrected chi connectivity index (χ0v) is 7.75. The molecule has 0 amide bonds. The SMILES string of the molecule is NNc1ncc(-c2ccc(O)cc2)nn1. The van der Waals surface area contributed by atoms with Crippen LogP contribution in [0.1, 0.15) is 0 Å². The minimum atomic E-state index is 0.208. The molecule has 6 heteroatoms. The van der Waals surface area contributed by atoms with Gasteiger partial charge in [-0.2, -0.15) is 0 Å². The van der Waals surface area contributed by atoms with Gasteiger partial charge in [-0.15, -0.1) is 10.2 Å². The lowest BCUT2D eigenvalue weighted by atomic mass is 10.2. The zero-order valence-electron chi connectivity index (χ0n) is 7.75. The third kappa shape index (κ3) is 2.00. The topological polar surface area (TPSA) is 97.0 Å². The van der Waals surface area contributed by atoms with Crippen molar-refractivity contribution in [1.82, 2.24) is 15.2 Å². The van der Waals surface area contributed by atoms with Crippen LogP contribution in [0.4, 0.5) is 5.95 Å². The van der Waals surface area contributed by atoms with Crippen LogP contribution in [0.3, 0.4) is 0 Å². The summed E-state index contributed by atoms with van der Waals surface area (Å²) in [6.45, 7) is 0. The fourth-order valence-corrected chi connectivity index (χ4v) is 1.11. The molecule has 0 radical (unpaired) electrons. The molecule has 0 saturated heterocycles. The van der Waals surface area contributed by atoms with Gasteiger partial charge in [0.2, 0.25) is 0 Å². The summed E-state index contributed by atoms with van der Waals surface area (Å²) in [5, 5.41) is 16.8. The molecule has 6 nitrogen and oxygen atoms in total. The second-order valence-electron chi connectivity index (χ2n) is 2.86. The van der Waals surface area contributed by atoms with Crippen LogP contribution in [0.15, 0.2) is 30.5 Å². The number of hydrazine groups is 1. The van der Waals surface area contributed by atoms with E-state index in [4.69, 9.17) is 10.9 Å². The summed E-state index contributed by atoms with van der Waals surface area (Å²) in [7, 11) is 0. The van der Waals surface area contributed by atoms with Gasteiger partial charge >= 0.3 is 0 Å². The Hall–Kier alpha value is -2.21. The Morgan fingerprint density at radius 1 is 1.13 bits per heavy atom. The molecular formula is C9H9N5O. The van der Waals surface area contributed by atoms with Gasteiger partial charge in [0.05, 0.1) is 6.20 Å². The van der Waals surface area contributed by atoms with E-state index in [9.17, 15) is 0 Å². The summed E-state index contributed by atoms with van der Waals surface area (Å²) >= 11 is 0. The number of anilines is 1. The van der Waals surface area contributed by atoms with E-state index in [1.807, 2.05) is 0 Å². The molecule has 0 fully saturated rings. The summed E-state index contributed by atoms with van der Waals surface area (Å²) in [6, 6.07) is 6.62. The molecule has 0 saturated carbocycles. The Balaban J connectivity index is 2.33.